The van der Waals surface area contributed by atoms with Gasteiger partial charge in [-0.25, -0.2) is 14.4 Å². The van der Waals surface area contributed by atoms with Crippen molar-refractivity contribution in [3.8, 4) is 11.1 Å². The van der Waals surface area contributed by atoms with Gasteiger partial charge in [0.2, 0.25) is 0 Å². The van der Waals surface area contributed by atoms with Gasteiger partial charge in [0.15, 0.2) is 0 Å². The van der Waals surface area contributed by atoms with Crippen LogP contribution in [0.4, 0.5) is 5.69 Å². The van der Waals surface area contributed by atoms with Crippen molar-refractivity contribution < 1.29 is 34.6 Å². The summed E-state index contributed by atoms with van der Waals surface area (Å²) in [5, 5.41) is 38.2. The average molecular weight is 331 g/mol. The summed E-state index contributed by atoms with van der Waals surface area (Å²) in [7, 11) is 0. The SMILES string of the molecule is O=C(O)c1cc(C(=O)O)cc(-c2ccc(C(=O)O)cc2[N+](=O)[O-])c1. The maximum absolute atomic E-state index is 11.2. The van der Waals surface area contributed by atoms with Crippen LogP contribution in [-0.4, -0.2) is 38.2 Å². The fourth-order valence-corrected chi connectivity index (χ4v) is 2.09. The van der Waals surface area contributed by atoms with Crippen molar-refractivity contribution in [1.29, 1.82) is 0 Å². The predicted molar refractivity (Wildman–Crippen MR) is 79.4 cm³/mol. The Hall–Kier alpha value is -3.75. The standard InChI is InChI=1S/C15H9NO8/c17-13(18)7-1-2-11(12(6-7)16(23)24)8-3-9(14(19)20)5-10(4-8)15(21)22/h1-6H,(H,17,18)(H,19,20)(H,21,22). The Kier molecular flexibility index (Phi) is 4.27. The van der Waals surface area contributed by atoms with Crippen LogP contribution in [0.2, 0.25) is 0 Å². The highest BCUT2D eigenvalue weighted by Gasteiger charge is 2.21. The average Bonchev–Trinajstić information content (AvgIpc) is 2.53. The minimum absolute atomic E-state index is 0.0176. The monoisotopic (exact) mass is 331 g/mol. The number of hydrogen-bond donors (Lipinski definition) is 3. The van der Waals surface area contributed by atoms with E-state index in [1.807, 2.05) is 0 Å². The molecule has 24 heavy (non-hydrogen) atoms. The van der Waals surface area contributed by atoms with E-state index in [0.717, 1.165) is 36.4 Å². The van der Waals surface area contributed by atoms with E-state index in [2.05, 4.69) is 0 Å². The van der Waals surface area contributed by atoms with E-state index in [1.54, 1.807) is 0 Å². The lowest BCUT2D eigenvalue weighted by molar-refractivity contribution is -0.384. The van der Waals surface area contributed by atoms with E-state index in [-0.39, 0.29) is 27.8 Å². The molecule has 0 spiro atoms. The smallest absolute Gasteiger partial charge is 0.335 e. The highest BCUT2D eigenvalue weighted by atomic mass is 16.6. The first-order chi connectivity index (χ1) is 11.2. The molecule has 2 aromatic carbocycles. The zero-order chi connectivity index (χ0) is 18.0. The number of carbonyl (C=O) groups is 3. The zero-order valence-corrected chi connectivity index (χ0v) is 11.8. The number of aromatic carboxylic acids is 3. The molecule has 0 fully saturated rings. The van der Waals surface area contributed by atoms with Gasteiger partial charge < -0.3 is 15.3 Å². The molecular weight excluding hydrogens is 322 g/mol. The van der Waals surface area contributed by atoms with E-state index >= 15 is 0 Å². The third kappa shape index (κ3) is 3.19. The molecule has 0 unspecified atom stereocenters. The van der Waals surface area contributed by atoms with Crippen LogP contribution in [-0.2, 0) is 0 Å². The van der Waals surface area contributed by atoms with E-state index < -0.39 is 28.5 Å². The Bertz CT molecular complexity index is 855. The molecule has 0 aliphatic rings. The van der Waals surface area contributed by atoms with Gasteiger partial charge in [-0.15, -0.1) is 0 Å². The summed E-state index contributed by atoms with van der Waals surface area (Å²) in [6.07, 6.45) is 0. The maximum Gasteiger partial charge on any atom is 0.335 e. The number of nitro groups is 1. The van der Waals surface area contributed by atoms with Gasteiger partial charge in [0, 0.05) is 6.07 Å². The summed E-state index contributed by atoms with van der Waals surface area (Å²) < 4.78 is 0. The summed E-state index contributed by atoms with van der Waals surface area (Å²) in [5.74, 6) is -4.16. The minimum atomic E-state index is -1.40. The van der Waals surface area contributed by atoms with Gasteiger partial charge in [0.25, 0.3) is 5.69 Å². The zero-order valence-electron chi connectivity index (χ0n) is 11.8. The Labute approximate surface area is 133 Å². The lowest BCUT2D eigenvalue weighted by atomic mass is 9.97. The van der Waals surface area contributed by atoms with Crippen molar-refractivity contribution >= 4 is 23.6 Å². The summed E-state index contributed by atoms with van der Waals surface area (Å²) in [4.78, 5) is 43.5. The fourth-order valence-electron chi connectivity index (χ4n) is 2.09. The van der Waals surface area contributed by atoms with Crippen molar-refractivity contribution in [2.45, 2.75) is 0 Å². The summed E-state index contributed by atoms with van der Waals surface area (Å²) >= 11 is 0. The molecule has 0 saturated carbocycles. The third-order valence-corrected chi connectivity index (χ3v) is 3.18. The molecule has 2 aromatic rings. The van der Waals surface area contributed by atoms with Crippen molar-refractivity contribution in [1.82, 2.24) is 0 Å². The van der Waals surface area contributed by atoms with E-state index in [4.69, 9.17) is 15.3 Å². The second-order valence-corrected chi connectivity index (χ2v) is 4.70. The normalized spacial score (nSPS) is 10.2. The van der Waals surface area contributed by atoms with Crippen LogP contribution in [0.3, 0.4) is 0 Å². The third-order valence-electron chi connectivity index (χ3n) is 3.18. The Morgan fingerprint density at radius 3 is 1.71 bits per heavy atom. The molecular formula is C15H9NO8. The molecule has 0 aliphatic heterocycles. The van der Waals surface area contributed by atoms with Gasteiger partial charge in [-0.2, -0.15) is 0 Å². The Morgan fingerprint density at radius 2 is 1.29 bits per heavy atom. The number of nitro benzene ring substituents is 1. The summed E-state index contributed by atoms with van der Waals surface area (Å²) in [5.41, 5.74) is -1.72. The number of carboxylic acids is 3. The molecule has 0 aliphatic carbocycles. The van der Waals surface area contributed by atoms with Gasteiger partial charge in [0.1, 0.15) is 0 Å². The van der Waals surface area contributed by atoms with Crippen LogP contribution in [0.1, 0.15) is 31.1 Å². The Morgan fingerprint density at radius 1 is 0.792 bits per heavy atom. The molecule has 0 bridgehead atoms. The first-order valence-corrected chi connectivity index (χ1v) is 6.34. The van der Waals surface area contributed by atoms with Crippen LogP contribution in [0.15, 0.2) is 36.4 Å². The van der Waals surface area contributed by atoms with E-state index in [0.29, 0.717) is 0 Å². The summed E-state index contributed by atoms with van der Waals surface area (Å²) in [6.45, 7) is 0. The van der Waals surface area contributed by atoms with Crippen LogP contribution < -0.4 is 0 Å². The number of nitrogens with zero attached hydrogens (tertiary/aromatic N) is 1. The van der Waals surface area contributed by atoms with Crippen LogP contribution in [0, 0.1) is 10.1 Å². The van der Waals surface area contributed by atoms with E-state index in [9.17, 15) is 24.5 Å². The highest BCUT2D eigenvalue weighted by molar-refractivity contribution is 5.97. The molecule has 0 amide bonds. The Balaban J connectivity index is 2.75. The number of benzene rings is 2. The molecule has 0 atom stereocenters. The van der Waals surface area contributed by atoms with Gasteiger partial charge >= 0.3 is 17.9 Å². The second kappa shape index (κ2) is 6.16. The van der Waals surface area contributed by atoms with Gasteiger partial charge in [0.05, 0.1) is 27.2 Å². The molecule has 122 valence electrons. The predicted octanol–water partition coefficient (Wildman–Crippen LogP) is 2.36. The first-order valence-electron chi connectivity index (χ1n) is 6.34. The number of hydrogen-bond acceptors (Lipinski definition) is 5. The maximum atomic E-state index is 11.2. The van der Waals surface area contributed by atoms with Crippen molar-refractivity contribution in [2.24, 2.45) is 0 Å². The molecule has 0 heterocycles. The van der Waals surface area contributed by atoms with Gasteiger partial charge in [-0.05, 0) is 35.9 Å². The molecule has 0 radical (unpaired) electrons. The van der Waals surface area contributed by atoms with Crippen LogP contribution in [0.25, 0.3) is 11.1 Å². The summed E-state index contributed by atoms with van der Waals surface area (Å²) in [6, 6.07) is 6.15. The number of rotatable bonds is 5. The van der Waals surface area contributed by atoms with Crippen molar-refractivity contribution in [3.63, 3.8) is 0 Å². The lowest BCUT2D eigenvalue weighted by Gasteiger charge is -2.07. The molecule has 3 N–H and O–H groups in total. The molecule has 2 rings (SSSR count). The molecule has 9 heteroatoms. The largest absolute Gasteiger partial charge is 0.478 e. The minimum Gasteiger partial charge on any atom is -0.478 e. The lowest BCUT2D eigenvalue weighted by Crippen LogP contribution is -2.04. The van der Waals surface area contributed by atoms with Crippen molar-refractivity contribution in [3.05, 3.63) is 63.2 Å². The number of carboxylic acid groups (broad SMARTS) is 3. The highest BCUT2D eigenvalue weighted by Crippen LogP contribution is 2.32. The van der Waals surface area contributed by atoms with Crippen LogP contribution in [0.5, 0.6) is 0 Å². The van der Waals surface area contributed by atoms with Gasteiger partial charge in [-0.1, -0.05) is 0 Å². The quantitative estimate of drug-likeness (QED) is 0.557. The molecule has 9 nitrogen and oxygen atoms in total. The van der Waals surface area contributed by atoms with Crippen molar-refractivity contribution in [2.75, 3.05) is 0 Å². The topological polar surface area (TPSA) is 155 Å². The fraction of sp³-hybridized carbons (Fsp3) is 0. The molecule has 0 saturated heterocycles. The van der Waals surface area contributed by atoms with Crippen LogP contribution >= 0.6 is 0 Å². The molecule has 0 aromatic heterocycles. The second-order valence-electron chi connectivity index (χ2n) is 4.70. The first kappa shape index (κ1) is 16.6. The van der Waals surface area contributed by atoms with Gasteiger partial charge in [-0.3, -0.25) is 10.1 Å². The van der Waals surface area contributed by atoms with E-state index in [1.165, 1.54) is 0 Å².